The van der Waals surface area contributed by atoms with E-state index >= 15 is 0 Å². The third-order valence-electron chi connectivity index (χ3n) is 7.57. The molecule has 3 aromatic rings. The lowest BCUT2D eigenvalue weighted by atomic mass is 9.92. The van der Waals surface area contributed by atoms with Gasteiger partial charge in [-0.3, -0.25) is 4.79 Å². The average molecular weight is 523 g/mol. The molecule has 0 radical (unpaired) electrons. The fraction of sp³-hybridized carbons (Fsp3) is 0.483. The van der Waals surface area contributed by atoms with Gasteiger partial charge in [-0.1, -0.05) is 0 Å². The maximum Gasteiger partial charge on any atom is 0.254 e. The lowest BCUT2D eigenvalue weighted by Crippen LogP contribution is -2.40. The fourth-order valence-corrected chi connectivity index (χ4v) is 5.31. The summed E-state index contributed by atoms with van der Waals surface area (Å²) in [6.07, 6.45) is 9.34. The van der Waals surface area contributed by atoms with Crippen molar-refractivity contribution in [1.82, 2.24) is 15.3 Å². The summed E-state index contributed by atoms with van der Waals surface area (Å²) in [6.45, 7) is 4.24. The van der Waals surface area contributed by atoms with Gasteiger partial charge in [0.2, 0.25) is 5.95 Å². The van der Waals surface area contributed by atoms with E-state index in [0.29, 0.717) is 31.1 Å². The molecule has 2 aliphatic rings. The van der Waals surface area contributed by atoms with Gasteiger partial charge >= 0.3 is 0 Å². The number of piperidine rings is 1. The highest BCUT2D eigenvalue weighted by molar-refractivity contribution is 5.94. The van der Waals surface area contributed by atoms with Crippen LogP contribution in [0.5, 0.6) is 5.75 Å². The van der Waals surface area contributed by atoms with Gasteiger partial charge in [0, 0.05) is 31.5 Å². The zero-order valence-electron chi connectivity index (χ0n) is 21.7. The highest BCUT2D eigenvalue weighted by Gasteiger charge is 2.27. The number of nitrogens with zero attached hydrogens (tertiary/aromatic N) is 3. The number of aromatic nitrogens is 2. The summed E-state index contributed by atoms with van der Waals surface area (Å²) in [7, 11) is 0. The number of aryl methyl sites for hydroxylation is 1. The minimum absolute atomic E-state index is 0.0297. The number of aliphatic hydroxyl groups is 1. The number of halogens is 1. The number of rotatable bonds is 9. The summed E-state index contributed by atoms with van der Waals surface area (Å²) in [6, 6.07) is 7.88. The molecule has 1 aliphatic heterocycles. The van der Waals surface area contributed by atoms with E-state index in [2.05, 4.69) is 20.2 Å². The van der Waals surface area contributed by atoms with Crippen molar-refractivity contribution in [2.75, 3.05) is 24.6 Å². The number of hydrogen-bond acceptors (Lipinski definition) is 7. The molecule has 2 fully saturated rings. The molecule has 3 heterocycles. The maximum atomic E-state index is 14.5. The van der Waals surface area contributed by atoms with Crippen molar-refractivity contribution in [3.63, 3.8) is 0 Å². The van der Waals surface area contributed by atoms with Crippen LogP contribution in [0.15, 0.2) is 47.1 Å². The third kappa shape index (κ3) is 6.32. The van der Waals surface area contributed by atoms with Crippen LogP contribution in [0.4, 0.5) is 10.3 Å². The predicted molar refractivity (Wildman–Crippen MR) is 142 cm³/mol. The summed E-state index contributed by atoms with van der Waals surface area (Å²) in [5, 5.41) is 12.6. The number of aliphatic hydroxyl groups excluding tert-OH is 1. The molecule has 2 aromatic heterocycles. The second kappa shape index (κ2) is 11.9. The van der Waals surface area contributed by atoms with E-state index in [4.69, 9.17) is 9.15 Å². The van der Waals surface area contributed by atoms with Gasteiger partial charge in [0.05, 0.1) is 29.9 Å². The minimum Gasteiger partial charge on any atom is -0.493 e. The van der Waals surface area contributed by atoms with Crippen LogP contribution >= 0.6 is 0 Å². The first-order chi connectivity index (χ1) is 18.5. The highest BCUT2D eigenvalue weighted by atomic mass is 19.1. The summed E-state index contributed by atoms with van der Waals surface area (Å²) in [4.78, 5) is 23.7. The molecule has 2 atom stereocenters. The van der Waals surface area contributed by atoms with Crippen molar-refractivity contribution < 1.29 is 23.4 Å². The Bertz CT molecular complexity index is 1220. The zero-order chi connectivity index (χ0) is 26.5. The number of carbonyl (C=O) groups excluding carboxylic acids is 1. The molecular formula is C29H35FN4O4. The van der Waals surface area contributed by atoms with E-state index < -0.39 is 17.8 Å². The molecule has 2 N–H and O–H groups in total. The molecule has 0 spiro atoms. The van der Waals surface area contributed by atoms with E-state index in [-0.39, 0.29) is 11.6 Å². The second-order valence-electron chi connectivity index (χ2n) is 10.3. The average Bonchev–Trinajstić information content (AvgIpc) is 3.55. The molecule has 202 valence electrons. The predicted octanol–water partition coefficient (Wildman–Crippen LogP) is 4.90. The molecule has 0 unspecified atom stereocenters. The minimum atomic E-state index is -0.616. The Hall–Kier alpha value is -3.46. The van der Waals surface area contributed by atoms with Crippen LogP contribution < -0.4 is 15.0 Å². The third-order valence-corrected chi connectivity index (χ3v) is 7.57. The molecule has 1 saturated carbocycles. The number of hydrogen-bond donors (Lipinski definition) is 2. The van der Waals surface area contributed by atoms with E-state index in [1.54, 1.807) is 6.07 Å². The van der Waals surface area contributed by atoms with Crippen LogP contribution in [-0.4, -0.2) is 52.8 Å². The summed E-state index contributed by atoms with van der Waals surface area (Å²) in [5.74, 6) is 2.29. The molecule has 8 nitrogen and oxygen atoms in total. The van der Waals surface area contributed by atoms with Crippen molar-refractivity contribution in [3.05, 3.63) is 59.9 Å². The number of carbonyl (C=O) groups is 1. The summed E-state index contributed by atoms with van der Waals surface area (Å²) in [5.41, 5.74) is 0.844. The van der Waals surface area contributed by atoms with Gasteiger partial charge in [0.15, 0.2) is 0 Å². The Labute approximate surface area is 222 Å². The Morgan fingerprint density at radius 3 is 2.61 bits per heavy atom. The van der Waals surface area contributed by atoms with E-state index in [9.17, 15) is 14.3 Å². The smallest absolute Gasteiger partial charge is 0.254 e. The first-order valence-electron chi connectivity index (χ1n) is 13.5. The Morgan fingerprint density at radius 1 is 1.16 bits per heavy atom. The van der Waals surface area contributed by atoms with E-state index in [1.807, 2.05) is 31.5 Å². The van der Waals surface area contributed by atoms with Crippen molar-refractivity contribution >= 4 is 11.9 Å². The van der Waals surface area contributed by atoms with Crippen LogP contribution in [0.25, 0.3) is 11.3 Å². The molecule has 5 rings (SSSR count). The van der Waals surface area contributed by atoms with Gasteiger partial charge < -0.3 is 24.5 Å². The Morgan fingerprint density at radius 2 is 1.95 bits per heavy atom. The Kier molecular flexibility index (Phi) is 8.22. The number of nitrogens with one attached hydrogen (secondary N) is 1. The zero-order valence-corrected chi connectivity index (χ0v) is 21.7. The number of ether oxygens (including phenoxy) is 1. The van der Waals surface area contributed by atoms with Crippen molar-refractivity contribution in [2.24, 2.45) is 5.92 Å². The SMILES string of the molecule is Cc1ccc(-c2cnc(N3CCC(CCCOc4ccc(C(=O)N[C@@H]5CCC[C@H]5O)c(F)c4)CC3)nc2)o1. The van der Waals surface area contributed by atoms with Crippen LogP contribution in [0, 0.1) is 18.7 Å². The van der Waals surface area contributed by atoms with Crippen LogP contribution in [-0.2, 0) is 0 Å². The molecular weight excluding hydrogens is 487 g/mol. The van der Waals surface area contributed by atoms with Crippen LogP contribution in [0.3, 0.4) is 0 Å². The van der Waals surface area contributed by atoms with Crippen molar-refractivity contribution in [1.29, 1.82) is 0 Å². The number of amides is 1. The summed E-state index contributed by atoms with van der Waals surface area (Å²) < 4.78 is 25.9. The lowest BCUT2D eigenvalue weighted by Gasteiger charge is -2.32. The molecule has 0 bridgehead atoms. The highest BCUT2D eigenvalue weighted by Crippen LogP contribution is 2.26. The number of furan rings is 1. The quantitative estimate of drug-likeness (QED) is 0.386. The van der Waals surface area contributed by atoms with Gasteiger partial charge in [0.1, 0.15) is 23.1 Å². The fourth-order valence-electron chi connectivity index (χ4n) is 5.31. The van der Waals surface area contributed by atoms with Gasteiger partial charge in [-0.15, -0.1) is 0 Å². The topological polar surface area (TPSA) is 101 Å². The lowest BCUT2D eigenvalue weighted by molar-refractivity contribution is 0.0869. The van der Waals surface area contributed by atoms with Crippen LogP contribution in [0.2, 0.25) is 0 Å². The molecule has 9 heteroatoms. The van der Waals surface area contributed by atoms with Gasteiger partial charge in [0.25, 0.3) is 5.91 Å². The van der Waals surface area contributed by atoms with Gasteiger partial charge in [-0.2, -0.15) is 0 Å². The largest absolute Gasteiger partial charge is 0.493 e. The molecule has 1 amide bonds. The molecule has 38 heavy (non-hydrogen) atoms. The first kappa shape index (κ1) is 26.2. The Balaban J connectivity index is 1.02. The van der Waals surface area contributed by atoms with Gasteiger partial charge in [-0.05, 0) is 82.1 Å². The first-order valence-corrected chi connectivity index (χ1v) is 13.5. The van der Waals surface area contributed by atoms with Crippen molar-refractivity contribution in [3.8, 4) is 17.1 Å². The number of anilines is 1. The maximum absolute atomic E-state index is 14.5. The number of benzene rings is 1. The van der Waals surface area contributed by atoms with E-state index in [0.717, 1.165) is 68.2 Å². The van der Waals surface area contributed by atoms with Gasteiger partial charge in [-0.25, -0.2) is 14.4 Å². The van der Waals surface area contributed by atoms with Crippen LogP contribution in [0.1, 0.15) is 61.1 Å². The second-order valence-corrected chi connectivity index (χ2v) is 10.3. The molecule has 1 aromatic carbocycles. The monoisotopic (exact) mass is 522 g/mol. The normalized spacial score (nSPS) is 20.0. The van der Waals surface area contributed by atoms with Crippen molar-refractivity contribution in [2.45, 2.75) is 64.0 Å². The molecule has 1 aliphatic carbocycles. The standard InChI is InChI=1S/C29H35FN4O4/c1-19-7-10-27(38-19)21-17-31-29(32-18-21)34-13-11-20(12-14-34)4-3-15-37-22-8-9-23(24(30)16-22)28(36)33-25-5-2-6-26(25)35/h7-10,16-18,20,25-26,35H,2-6,11-15H2,1H3,(H,33,36)/t25-,26-/m1/s1. The summed E-state index contributed by atoms with van der Waals surface area (Å²) >= 11 is 0. The van der Waals surface area contributed by atoms with E-state index in [1.165, 1.54) is 12.1 Å². The molecule has 1 saturated heterocycles.